The van der Waals surface area contributed by atoms with E-state index in [1.165, 1.54) is 31.4 Å². The predicted octanol–water partition coefficient (Wildman–Crippen LogP) is 4.29. The average Bonchev–Trinajstić information content (AvgIpc) is 2.73. The number of rotatable bonds is 7. The first-order valence-electron chi connectivity index (χ1n) is 8.70. The zero-order valence-corrected chi connectivity index (χ0v) is 15.8. The molecule has 0 saturated heterocycles. The minimum Gasteiger partial charge on any atom is -0.507 e. The first-order valence-corrected chi connectivity index (χ1v) is 8.70. The van der Waals surface area contributed by atoms with Crippen molar-refractivity contribution < 1.29 is 23.9 Å². The average molecular weight is 399 g/mol. The van der Waals surface area contributed by atoms with E-state index in [0.29, 0.717) is 28.1 Å². The number of aromatic hydroxyl groups is 1. The van der Waals surface area contributed by atoms with Crippen LogP contribution in [0.25, 0.3) is 11.3 Å². The number of nitrogens with zero attached hydrogens (tertiary/aromatic N) is 3. The second-order valence-electron chi connectivity index (χ2n) is 6.45. The molecule has 0 aliphatic rings. The Balaban J connectivity index is 2.02. The van der Waals surface area contributed by atoms with Gasteiger partial charge in [0.15, 0.2) is 6.29 Å². The topological polar surface area (TPSA) is 65.9 Å². The summed E-state index contributed by atoms with van der Waals surface area (Å²) in [5, 5.41) is 15.0. The molecule has 0 saturated carbocycles. The van der Waals surface area contributed by atoms with E-state index < -0.39 is 0 Å². The number of phenols is 1. The van der Waals surface area contributed by atoms with Crippen LogP contribution in [0.4, 0.5) is 20.3 Å². The van der Waals surface area contributed by atoms with Crippen LogP contribution in [-0.2, 0) is 11.6 Å². The van der Waals surface area contributed by atoms with Crippen LogP contribution in [0, 0.1) is 5.82 Å². The highest BCUT2D eigenvalue weighted by Gasteiger charge is 2.17. The van der Waals surface area contributed by atoms with E-state index in [1.54, 1.807) is 37.4 Å². The van der Waals surface area contributed by atoms with Crippen LogP contribution in [0.1, 0.15) is 15.9 Å². The lowest BCUT2D eigenvalue weighted by Gasteiger charge is -2.22. The fraction of sp³-hybridized carbons (Fsp3) is 0.143. The van der Waals surface area contributed by atoms with Crippen LogP contribution in [0.5, 0.6) is 5.75 Å². The third-order valence-electron chi connectivity index (χ3n) is 4.59. The molecule has 8 heteroatoms. The van der Waals surface area contributed by atoms with E-state index in [1.807, 2.05) is 4.90 Å². The van der Waals surface area contributed by atoms with Gasteiger partial charge in [-0.2, -0.15) is 0 Å². The number of benzene rings is 2. The van der Waals surface area contributed by atoms with Gasteiger partial charge < -0.3 is 10.0 Å². The summed E-state index contributed by atoms with van der Waals surface area (Å²) >= 11 is 0. The number of carbonyl (C=O) groups excluding carboxylic acids is 1. The number of carbonyl (C=O) groups is 1. The number of halogens is 2. The van der Waals surface area contributed by atoms with Crippen molar-refractivity contribution in [1.29, 1.82) is 0 Å². The molecule has 1 N–H and O–H groups in total. The lowest BCUT2D eigenvalue weighted by atomic mass is 9.99. The van der Waals surface area contributed by atoms with Crippen LogP contribution < -0.4 is 9.96 Å². The molecule has 150 valence electrons. The Morgan fingerprint density at radius 3 is 2.41 bits per heavy atom. The number of aldehydes is 1. The molecule has 0 amide bonds. The number of aromatic nitrogens is 1. The van der Waals surface area contributed by atoms with Crippen LogP contribution in [0.15, 0.2) is 54.7 Å². The largest absolute Gasteiger partial charge is 0.507 e. The molecule has 3 rings (SSSR count). The Hall–Kier alpha value is -3.52. The SMILES string of the molecule is CN(Cc1c(C=O)ccnc1-c1ccc(N(C)OF)cc1O)c1ccc(F)cc1. The van der Waals surface area contributed by atoms with E-state index in [-0.39, 0.29) is 18.1 Å². The molecule has 0 spiro atoms. The molecule has 0 radical (unpaired) electrons. The molecule has 2 aromatic carbocycles. The number of hydrogen-bond acceptors (Lipinski definition) is 6. The summed E-state index contributed by atoms with van der Waals surface area (Å²) in [7, 11) is 3.15. The van der Waals surface area contributed by atoms with Gasteiger partial charge >= 0.3 is 0 Å². The fourth-order valence-electron chi connectivity index (χ4n) is 3.00. The first-order chi connectivity index (χ1) is 13.9. The molecule has 0 bridgehead atoms. The monoisotopic (exact) mass is 399 g/mol. The molecular formula is C21H19F2N3O3. The zero-order valence-electron chi connectivity index (χ0n) is 15.8. The molecule has 29 heavy (non-hydrogen) atoms. The predicted molar refractivity (Wildman–Crippen MR) is 106 cm³/mol. The Labute approximate surface area is 166 Å². The van der Waals surface area contributed by atoms with E-state index in [0.717, 1.165) is 17.0 Å². The first kappa shape index (κ1) is 20.2. The third-order valence-corrected chi connectivity index (χ3v) is 4.59. The van der Waals surface area contributed by atoms with Crippen molar-refractivity contribution in [2.24, 2.45) is 0 Å². The second kappa shape index (κ2) is 8.66. The van der Waals surface area contributed by atoms with Gasteiger partial charge in [0, 0.05) is 55.3 Å². The molecule has 0 aliphatic carbocycles. The standard InChI is InChI=1S/C21H19F2N3O3/c1-25(16-5-3-15(22)4-6-16)12-19-14(13-27)9-10-24-21(19)18-8-7-17(11-20(18)28)26(2)29-23/h3-11,13,28H,12H2,1-2H3. The summed E-state index contributed by atoms with van der Waals surface area (Å²) in [6.45, 7) is 0.289. The molecule has 0 unspecified atom stereocenters. The van der Waals surface area contributed by atoms with Crippen molar-refractivity contribution in [1.82, 2.24) is 4.98 Å². The number of pyridine rings is 1. The van der Waals surface area contributed by atoms with Gasteiger partial charge in [-0.3, -0.25) is 9.78 Å². The van der Waals surface area contributed by atoms with Crippen molar-refractivity contribution in [3.63, 3.8) is 0 Å². The molecule has 1 aromatic heterocycles. The lowest BCUT2D eigenvalue weighted by Crippen LogP contribution is -2.18. The van der Waals surface area contributed by atoms with Crippen LogP contribution in [-0.4, -0.2) is 30.5 Å². The van der Waals surface area contributed by atoms with Crippen molar-refractivity contribution in [2.75, 3.05) is 24.1 Å². The van der Waals surface area contributed by atoms with Crippen LogP contribution in [0.2, 0.25) is 0 Å². The highest BCUT2D eigenvalue weighted by atomic mass is 19.3. The maximum absolute atomic E-state index is 13.2. The van der Waals surface area contributed by atoms with Gasteiger partial charge in [0.25, 0.3) is 0 Å². The maximum atomic E-state index is 13.2. The van der Waals surface area contributed by atoms with E-state index >= 15 is 0 Å². The Morgan fingerprint density at radius 2 is 1.79 bits per heavy atom. The maximum Gasteiger partial charge on any atom is 0.150 e. The minimum absolute atomic E-state index is 0.146. The molecule has 0 aliphatic heterocycles. The number of hydroxylamine groups is 1. The molecule has 6 nitrogen and oxygen atoms in total. The Morgan fingerprint density at radius 1 is 1.10 bits per heavy atom. The van der Waals surface area contributed by atoms with Gasteiger partial charge in [-0.1, -0.05) is 5.04 Å². The van der Waals surface area contributed by atoms with Gasteiger partial charge in [-0.05, 0) is 47.0 Å². The third kappa shape index (κ3) is 4.33. The van der Waals surface area contributed by atoms with E-state index in [4.69, 9.17) is 0 Å². The molecule has 3 aromatic rings. The summed E-state index contributed by atoms with van der Waals surface area (Å²) in [6.07, 6.45) is 2.19. The van der Waals surface area contributed by atoms with Crippen molar-refractivity contribution in [3.05, 3.63) is 71.7 Å². The van der Waals surface area contributed by atoms with Crippen molar-refractivity contribution in [3.8, 4) is 17.0 Å². The number of phenolic OH excluding ortho intramolecular Hbond substituents is 1. The Bertz CT molecular complexity index is 1010. The number of hydrogen-bond donors (Lipinski definition) is 1. The molecular weight excluding hydrogens is 380 g/mol. The van der Waals surface area contributed by atoms with Gasteiger partial charge in [0.05, 0.1) is 11.4 Å². The van der Waals surface area contributed by atoms with E-state index in [9.17, 15) is 18.8 Å². The van der Waals surface area contributed by atoms with Gasteiger partial charge in [-0.25, -0.2) is 9.45 Å². The van der Waals surface area contributed by atoms with Gasteiger partial charge in [-0.15, -0.1) is 0 Å². The number of anilines is 2. The van der Waals surface area contributed by atoms with Gasteiger partial charge in [0.2, 0.25) is 0 Å². The smallest absolute Gasteiger partial charge is 0.150 e. The fourth-order valence-corrected chi connectivity index (χ4v) is 3.00. The van der Waals surface area contributed by atoms with Crippen molar-refractivity contribution in [2.45, 2.75) is 6.54 Å². The van der Waals surface area contributed by atoms with Crippen LogP contribution >= 0.6 is 0 Å². The lowest BCUT2D eigenvalue weighted by molar-refractivity contribution is -0.141. The highest BCUT2D eigenvalue weighted by Crippen LogP contribution is 2.35. The molecule has 0 atom stereocenters. The van der Waals surface area contributed by atoms with Gasteiger partial charge in [0.1, 0.15) is 11.6 Å². The summed E-state index contributed by atoms with van der Waals surface area (Å²) in [5.41, 5.74) is 2.84. The zero-order chi connectivity index (χ0) is 21.0. The highest BCUT2D eigenvalue weighted by molar-refractivity contribution is 5.83. The quantitative estimate of drug-likeness (QED) is 0.472. The Kier molecular flexibility index (Phi) is 6.04. The summed E-state index contributed by atoms with van der Waals surface area (Å²) in [5.74, 6) is -0.488. The summed E-state index contributed by atoms with van der Waals surface area (Å²) in [6, 6.07) is 12.0. The second-order valence-corrected chi connectivity index (χ2v) is 6.45. The minimum atomic E-state index is -0.343. The summed E-state index contributed by atoms with van der Waals surface area (Å²) < 4.78 is 25.6. The van der Waals surface area contributed by atoms with E-state index in [2.05, 4.69) is 10.0 Å². The van der Waals surface area contributed by atoms with Crippen LogP contribution in [0.3, 0.4) is 0 Å². The van der Waals surface area contributed by atoms with Crippen molar-refractivity contribution >= 4 is 17.7 Å². The molecule has 0 fully saturated rings. The normalized spacial score (nSPS) is 10.6. The summed E-state index contributed by atoms with van der Waals surface area (Å²) in [4.78, 5) is 17.8. The molecule has 1 heterocycles.